The molecule has 0 radical (unpaired) electrons. The van der Waals surface area contributed by atoms with Crippen LogP contribution in [0.4, 0.5) is 47.7 Å². The number of esters is 2. The summed E-state index contributed by atoms with van der Waals surface area (Å²) in [5.74, 6) is -22.5. The van der Waals surface area contributed by atoms with Crippen molar-refractivity contribution in [1.82, 2.24) is 47.4 Å². The first-order valence-electron chi connectivity index (χ1n) is 36.6. The molecule has 37 heteroatoms. The number of benzene rings is 5. The molecule has 1 saturated heterocycles. The summed E-state index contributed by atoms with van der Waals surface area (Å²) in [6.07, 6.45) is -3.12. The van der Waals surface area contributed by atoms with Gasteiger partial charge in [-0.05, 0) is 148 Å². The molecule has 0 spiro atoms. The fourth-order valence-corrected chi connectivity index (χ4v) is 10.9. The molecule has 5 aromatic rings. The molecule has 5 aromatic carbocycles. The standard InChI is InChI=1S/C78H96F5N13O19/c1-76(2,3)113-59(100)43-53(91-58(99)44-87-66(101)47-24-16-25-49(42-47)89-73(94-74(108)114-77(4,5)6)95-75(109)115-78(7,8)9)68(103)88-48-29-31-50(32-30-48)111-37-19-28-56(97)85-35-39-110-38-33-57(98)90-52(40-45-20-12-10-13-21-45)69(104)92-51(26-17-34-86-72(84)107)67(102)93-54(41-46-22-14-11-15-23-46)70(105)96-36-18-27-55(96)71(106)112-65-63(82)61(80)60(79)62(81)64(65)83/h10-16,20-25,29-32,42,51-55H,17-19,26-28,33-41,43-44H2,1-9H3,(H,85,97)(H,87,101)(H,88,103)(H,90,98)(H,91,99)(H,92,104)(H,93,102)(H3,84,86,107)(H2,89,94,95,108,109)/t51-,52-,53-,54-,55-/m0/s1. The van der Waals surface area contributed by atoms with E-state index in [1.165, 1.54) is 48.5 Å². The van der Waals surface area contributed by atoms with Gasteiger partial charge in [-0.2, -0.15) is 8.78 Å². The maximum absolute atomic E-state index is 14.6. The highest BCUT2D eigenvalue weighted by molar-refractivity contribution is 6.07. The number of anilines is 2. The van der Waals surface area contributed by atoms with E-state index in [0.29, 0.717) is 16.9 Å². The molecule has 1 heterocycles. The van der Waals surface area contributed by atoms with Crippen LogP contribution >= 0.6 is 0 Å². The maximum Gasteiger partial charge on any atom is 0.437 e. The molecule has 115 heavy (non-hydrogen) atoms. The van der Waals surface area contributed by atoms with Crippen molar-refractivity contribution in [2.75, 3.05) is 56.6 Å². The van der Waals surface area contributed by atoms with Crippen molar-refractivity contribution in [2.24, 2.45) is 10.7 Å². The van der Waals surface area contributed by atoms with Gasteiger partial charge in [0.25, 0.3) is 5.91 Å². The third kappa shape index (κ3) is 32.4. The lowest BCUT2D eigenvalue weighted by Gasteiger charge is -2.30. The van der Waals surface area contributed by atoms with E-state index in [0.717, 1.165) is 4.90 Å². The normalized spacial score (nSPS) is 13.8. The van der Waals surface area contributed by atoms with E-state index >= 15 is 0 Å². The molecular weight excluding hydrogens is 1520 g/mol. The van der Waals surface area contributed by atoms with Gasteiger partial charge in [-0.3, -0.25) is 48.5 Å². The van der Waals surface area contributed by atoms with Gasteiger partial charge in [-0.1, -0.05) is 66.7 Å². The molecule has 0 aliphatic carbocycles. The molecule has 1 aliphatic heterocycles. The van der Waals surface area contributed by atoms with Crippen LogP contribution < -0.4 is 68.4 Å². The number of hydrogen-bond acceptors (Lipinski definition) is 19. The predicted octanol–water partition coefficient (Wildman–Crippen LogP) is 6.86. The van der Waals surface area contributed by atoms with Crippen LogP contribution in [-0.4, -0.2) is 181 Å². The number of nitrogens with zero attached hydrogens (tertiary/aromatic N) is 2. The molecular formula is C78H96F5N13O19. The van der Waals surface area contributed by atoms with Crippen LogP contribution in [0.3, 0.4) is 0 Å². The SMILES string of the molecule is CC(C)(C)OC(=O)C[C@H](NC(=O)CNC(=O)c1cccc(NC(=NC(=O)OC(C)(C)C)NC(=O)OC(C)(C)C)c1)C(=O)Nc1ccc(OCCCC(=O)NCCOCCC(=O)N[C@@H](Cc2ccccc2)C(=O)N[C@@H](CCCNC(N)=O)C(=O)N[C@@H](Cc2ccccc2)C(=O)N2CCC[C@H]2C(=O)Oc2c(F)c(F)c(F)c(F)c2F)cc1. The number of likely N-dealkylation sites (tertiary alicyclic amines) is 1. The largest absolute Gasteiger partial charge is 0.494 e. The highest BCUT2D eigenvalue weighted by Gasteiger charge is 2.42. The van der Waals surface area contributed by atoms with Gasteiger partial charge in [0.1, 0.15) is 52.8 Å². The van der Waals surface area contributed by atoms with E-state index in [1.807, 2.05) is 0 Å². The van der Waals surface area contributed by atoms with Crippen molar-refractivity contribution in [1.29, 1.82) is 0 Å². The van der Waals surface area contributed by atoms with E-state index in [2.05, 4.69) is 58.2 Å². The molecule has 622 valence electrons. The Labute approximate surface area is 659 Å². The minimum atomic E-state index is -2.49. The van der Waals surface area contributed by atoms with Gasteiger partial charge in [0.2, 0.25) is 82.1 Å². The van der Waals surface area contributed by atoms with Crippen LogP contribution in [-0.2, 0) is 74.9 Å². The summed E-state index contributed by atoms with van der Waals surface area (Å²) >= 11 is 0. The third-order valence-corrected chi connectivity index (χ3v) is 16.0. The number of aliphatic imine (C=N–C) groups is 1. The number of nitrogens with one attached hydrogen (secondary N) is 10. The van der Waals surface area contributed by atoms with Crippen molar-refractivity contribution in [2.45, 2.75) is 174 Å². The van der Waals surface area contributed by atoms with Crippen LogP contribution in [0.1, 0.15) is 135 Å². The number of guanidine groups is 1. The zero-order chi connectivity index (χ0) is 84.7. The summed E-state index contributed by atoms with van der Waals surface area (Å²) in [7, 11) is 0. The first-order valence-corrected chi connectivity index (χ1v) is 36.6. The highest BCUT2D eigenvalue weighted by atomic mass is 19.2. The van der Waals surface area contributed by atoms with Crippen molar-refractivity contribution >= 4 is 94.7 Å². The van der Waals surface area contributed by atoms with Gasteiger partial charge < -0.3 is 86.9 Å². The van der Waals surface area contributed by atoms with Gasteiger partial charge >= 0.3 is 30.2 Å². The van der Waals surface area contributed by atoms with Crippen LogP contribution in [0, 0.1) is 29.1 Å². The summed E-state index contributed by atoms with van der Waals surface area (Å²) < 4.78 is 103. The van der Waals surface area contributed by atoms with Gasteiger partial charge in [0.05, 0.1) is 32.8 Å². The van der Waals surface area contributed by atoms with E-state index in [4.69, 9.17) is 34.2 Å². The number of alkyl carbamates (subject to hydrolysis) is 1. The van der Waals surface area contributed by atoms with Gasteiger partial charge in [0, 0.05) is 62.3 Å². The Kier molecular flexibility index (Phi) is 34.8. The van der Waals surface area contributed by atoms with Gasteiger partial charge in [-0.15, -0.1) is 4.99 Å². The van der Waals surface area contributed by atoms with Crippen molar-refractivity contribution < 1.29 is 113 Å². The maximum atomic E-state index is 14.6. The zero-order valence-electron chi connectivity index (χ0n) is 64.9. The molecule has 6 rings (SSSR count). The summed E-state index contributed by atoms with van der Waals surface area (Å²) in [4.78, 5) is 178. The average molecular weight is 1610 g/mol. The Hall–Kier alpha value is -12.3. The Balaban J connectivity index is 0.971. The van der Waals surface area contributed by atoms with Gasteiger partial charge in [0.15, 0.2) is 0 Å². The predicted molar refractivity (Wildman–Crippen MR) is 406 cm³/mol. The monoisotopic (exact) mass is 1610 g/mol. The molecule has 1 aliphatic rings. The zero-order valence-corrected chi connectivity index (χ0v) is 64.9. The van der Waals surface area contributed by atoms with E-state index in [9.17, 15) is 84.3 Å². The van der Waals surface area contributed by atoms with E-state index < -0.39 is 172 Å². The minimum Gasteiger partial charge on any atom is -0.494 e. The second-order valence-corrected chi connectivity index (χ2v) is 29.1. The van der Waals surface area contributed by atoms with Crippen molar-refractivity contribution in [3.8, 4) is 11.5 Å². The molecule has 12 N–H and O–H groups in total. The Morgan fingerprint density at radius 2 is 1.14 bits per heavy atom. The molecule has 1 fully saturated rings. The first kappa shape index (κ1) is 91.6. The van der Waals surface area contributed by atoms with E-state index in [1.54, 1.807) is 123 Å². The number of primary amides is 1. The smallest absolute Gasteiger partial charge is 0.437 e. The lowest BCUT2D eigenvalue weighted by molar-refractivity contribution is -0.156. The number of urea groups is 1. The number of nitrogens with two attached hydrogens (primary N) is 1. The van der Waals surface area contributed by atoms with Crippen LogP contribution in [0.15, 0.2) is 114 Å². The van der Waals surface area contributed by atoms with E-state index in [-0.39, 0.29) is 120 Å². The molecule has 5 atom stereocenters. The number of carbonyl (C=O) groups excluding carboxylic acids is 13. The molecule has 0 unspecified atom stereocenters. The number of halogens is 5. The first-order chi connectivity index (χ1) is 54.2. The third-order valence-electron chi connectivity index (χ3n) is 16.0. The minimum absolute atomic E-state index is 0.0140. The number of hydrogen-bond donors (Lipinski definition) is 11. The second kappa shape index (κ2) is 43.6. The molecule has 32 nitrogen and oxygen atoms in total. The molecule has 0 aromatic heterocycles. The fraction of sp³-hybridized carbons (Fsp3) is 0.436. The second-order valence-electron chi connectivity index (χ2n) is 29.1. The summed E-state index contributed by atoms with van der Waals surface area (Å²) in [5.41, 5.74) is 3.99. The fourth-order valence-electron chi connectivity index (χ4n) is 10.9. The molecule has 0 saturated carbocycles. The van der Waals surface area contributed by atoms with Crippen LogP contribution in [0.25, 0.3) is 0 Å². The summed E-state index contributed by atoms with van der Waals surface area (Å²) in [6.45, 7) is 13.6. The number of amides is 12. The Morgan fingerprint density at radius 1 is 0.548 bits per heavy atom. The Bertz CT molecular complexity index is 4270. The van der Waals surface area contributed by atoms with Crippen molar-refractivity contribution in [3.63, 3.8) is 0 Å². The highest BCUT2D eigenvalue weighted by Crippen LogP contribution is 2.31. The number of carbonyl (C=O) groups is 13. The van der Waals surface area contributed by atoms with Crippen molar-refractivity contribution in [3.05, 3.63) is 155 Å². The molecule has 0 bridgehead atoms. The quantitative estimate of drug-likeness (QED) is 0.00224. The van der Waals surface area contributed by atoms with Crippen LogP contribution in [0.2, 0.25) is 0 Å². The lowest BCUT2D eigenvalue weighted by atomic mass is 10.0. The van der Waals surface area contributed by atoms with Crippen LogP contribution in [0.5, 0.6) is 11.5 Å². The summed E-state index contributed by atoms with van der Waals surface area (Å²) in [6, 6.07) is 20.1. The Morgan fingerprint density at radius 3 is 1.76 bits per heavy atom. The average Bonchev–Trinajstić information content (AvgIpc) is 1.75. The number of rotatable bonds is 36. The summed E-state index contributed by atoms with van der Waals surface area (Å²) in [5, 5.41) is 25.7. The van der Waals surface area contributed by atoms with Gasteiger partial charge in [-0.25, -0.2) is 32.3 Å². The molecule has 12 amide bonds. The topological polar surface area (TPSA) is 439 Å². The number of ether oxygens (including phenoxy) is 6. The lowest BCUT2D eigenvalue weighted by Crippen LogP contribution is -2.58.